The van der Waals surface area contributed by atoms with E-state index in [2.05, 4.69) is 29.6 Å². The lowest BCUT2D eigenvalue weighted by molar-refractivity contribution is -0.114. The Morgan fingerprint density at radius 3 is 2.79 bits per heavy atom. The number of nitrogens with zero attached hydrogens (tertiary/aromatic N) is 5. The highest BCUT2D eigenvalue weighted by molar-refractivity contribution is 5.91. The molecule has 0 spiro atoms. The number of fused-ring (bicyclic) bond motifs is 1. The van der Waals surface area contributed by atoms with E-state index < -0.39 is 6.17 Å². The Bertz CT molecular complexity index is 1300. The molecule has 39 heavy (non-hydrogen) atoms. The third kappa shape index (κ3) is 7.19. The van der Waals surface area contributed by atoms with Crippen LogP contribution in [0.25, 0.3) is 5.65 Å². The lowest BCUT2D eigenvalue weighted by Gasteiger charge is -2.23. The zero-order chi connectivity index (χ0) is 27.2. The first-order chi connectivity index (χ1) is 18.9. The normalized spacial score (nSPS) is 18.9. The molecular formula is C29H38FN7O2. The van der Waals surface area contributed by atoms with Crippen LogP contribution < -0.4 is 10.6 Å². The second-order valence-electron chi connectivity index (χ2n) is 10.8. The second-order valence-corrected chi connectivity index (χ2v) is 10.8. The molecule has 1 aromatic carbocycles. The van der Waals surface area contributed by atoms with Gasteiger partial charge in [0.25, 0.3) is 0 Å². The third-order valence-electron chi connectivity index (χ3n) is 7.27. The summed E-state index contributed by atoms with van der Waals surface area (Å²) in [5.41, 5.74) is 3.85. The Morgan fingerprint density at radius 1 is 1.21 bits per heavy atom. The highest BCUT2D eigenvalue weighted by Crippen LogP contribution is 2.23. The number of benzene rings is 1. The first-order valence-electron chi connectivity index (χ1n) is 13.9. The summed E-state index contributed by atoms with van der Waals surface area (Å²) >= 11 is 0. The summed E-state index contributed by atoms with van der Waals surface area (Å²) in [6.45, 7) is 8.08. The second kappa shape index (κ2) is 12.7. The fraction of sp³-hybridized carbons (Fsp3) is 0.517. The minimum absolute atomic E-state index is 0.0372. The first-order valence-corrected chi connectivity index (χ1v) is 13.9. The number of aromatic nitrogens is 4. The number of hydrogen-bond donors (Lipinski definition) is 2. The van der Waals surface area contributed by atoms with Gasteiger partial charge in [-0.15, -0.1) is 0 Å². The maximum absolute atomic E-state index is 13.3. The molecule has 2 saturated heterocycles. The van der Waals surface area contributed by atoms with Gasteiger partial charge in [0.05, 0.1) is 6.20 Å². The number of rotatable bonds is 11. The van der Waals surface area contributed by atoms with Crippen LogP contribution in [0.1, 0.15) is 55.7 Å². The molecule has 2 aliphatic heterocycles. The van der Waals surface area contributed by atoms with Crippen molar-refractivity contribution >= 4 is 23.3 Å². The van der Waals surface area contributed by atoms with Gasteiger partial charge in [0.1, 0.15) is 6.17 Å². The summed E-state index contributed by atoms with van der Waals surface area (Å²) in [7, 11) is 0. The Balaban J connectivity index is 1.25. The summed E-state index contributed by atoms with van der Waals surface area (Å²) < 4.78 is 20.6. The van der Waals surface area contributed by atoms with E-state index >= 15 is 0 Å². The van der Waals surface area contributed by atoms with E-state index in [9.17, 15) is 9.18 Å². The van der Waals surface area contributed by atoms with Crippen molar-refractivity contribution < 1.29 is 13.9 Å². The van der Waals surface area contributed by atoms with Crippen LogP contribution in [0.2, 0.25) is 0 Å². The predicted octanol–water partition coefficient (Wildman–Crippen LogP) is 4.16. The molecule has 0 saturated carbocycles. The quantitative estimate of drug-likeness (QED) is 0.354. The monoisotopic (exact) mass is 535 g/mol. The molecule has 2 aliphatic rings. The van der Waals surface area contributed by atoms with Gasteiger partial charge in [0.15, 0.2) is 11.4 Å². The maximum Gasteiger partial charge on any atom is 0.229 e. The summed E-state index contributed by atoms with van der Waals surface area (Å²) in [6, 6.07) is 8.27. The van der Waals surface area contributed by atoms with Gasteiger partial charge in [-0.3, -0.25) is 9.69 Å². The Kier molecular flexibility index (Phi) is 8.83. The van der Waals surface area contributed by atoms with Gasteiger partial charge in [-0.1, -0.05) is 44.2 Å². The molecule has 1 atom stereocenters. The van der Waals surface area contributed by atoms with Crippen LogP contribution in [0, 0.1) is 0 Å². The van der Waals surface area contributed by atoms with E-state index in [1.807, 2.05) is 41.4 Å². The SMILES string of the molecule is CC(C)c1cnn2c(NCc3cccc(CC(=O)/C=C/CN4CCC(F)C4)c3)nc(NC3CCOCC3)nc12. The van der Waals surface area contributed by atoms with Crippen molar-refractivity contribution in [2.24, 2.45) is 0 Å². The topological polar surface area (TPSA) is 96.7 Å². The molecule has 208 valence electrons. The van der Waals surface area contributed by atoms with Gasteiger partial charge in [0, 0.05) is 57.4 Å². The summed E-state index contributed by atoms with van der Waals surface area (Å²) in [4.78, 5) is 24.1. The Hall–Kier alpha value is -3.37. The summed E-state index contributed by atoms with van der Waals surface area (Å²) in [5, 5.41) is 11.5. The van der Waals surface area contributed by atoms with Gasteiger partial charge in [-0.05, 0) is 42.4 Å². The smallest absolute Gasteiger partial charge is 0.229 e. The summed E-state index contributed by atoms with van der Waals surface area (Å²) in [6.07, 6.45) is 7.32. The minimum atomic E-state index is -0.746. The number of carbonyl (C=O) groups is 1. The number of ether oxygens (including phenoxy) is 1. The van der Waals surface area contributed by atoms with Crippen molar-refractivity contribution in [2.45, 2.75) is 64.2 Å². The van der Waals surface area contributed by atoms with Crippen LogP contribution in [0.5, 0.6) is 0 Å². The van der Waals surface area contributed by atoms with Crippen molar-refractivity contribution in [1.29, 1.82) is 0 Å². The predicted molar refractivity (Wildman–Crippen MR) is 150 cm³/mol. The highest BCUT2D eigenvalue weighted by atomic mass is 19.1. The number of carbonyl (C=O) groups excluding carboxylic acids is 1. The van der Waals surface area contributed by atoms with Crippen LogP contribution in [-0.4, -0.2) is 75.3 Å². The number of nitrogens with one attached hydrogen (secondary N) is 2. The van der Waals surface area contributed by atoms with Crippen LogP contribution in [0.3, 0.4) is 0 Å². The van der Waals surface area contributed by atoms with Crippen molar-refractivity contribution in [1.82, 2.24) is 24.5 Å². The molecule has 3 aromatic rings. The highest BCUT2D eigenvalue weighted by Gasteiger charge is 2.21. The fourth-order valence-electron chi connectivity index (χ4n) is 5.08. The molecule has 9 nitrogen and oxygen atoms in total. The minimum Gasteiger partial charge on any atom is -0.381 e. The third-order valence-corrected chi connectivity index (χ3v) is 7.27. The van der Waals surface area contributed by atoms with E-state index in [0.717, 1.165) is 54.9 Å². The molecule has 4 heterocycles. The van der Waals surface area contributed by atoms with Crippen LogP contribution in [0.4, 0.5) is 16.3 Å². The fourth-order valence-corrected chi connectivity index (χ4v) is 5.08. The molecular weight excluding hydrogens is 497 g/mol. The Morgan fingerprint density at radius 2 is 2.03 bits per heavy atom. The van der Waals surface area contributed by atoms with Gasteiger partial charge in [-0.2, -0.15) is 19.6 Å². The molecule has 2 N–H and O–H groups in total. The van der Waals surface area contributed by atoms with Crippen LogP contribution in [-0.2, 0) is 22.5 Å². The van der Waals surface area contributed by atoms with Gasteiger partial charge < -0.3 is 15.4 Å². The van der Waals surface area contributed by atoms with Crippen molar-refractivity contribution in [3.8, 4) is 0 Å². The Labute approximate surface area is 228 Å². The van der Waals surface area contributed by atoms with Gasteiger partial charge in [0.2, 0.25) is 11.9 Å². The summed E-state index contributed by atoms with van der Waals surface area (Å²) in [5.74, 6) is 1.51. The molecule has 0 bridgehead atoms. The zero-order valence-electron chi connectivity index (χ0n) is 22.8. The standard InChI is InChI=1S/C29H38FN7O2/c1-20(2)26-18-32-37-27(26)34-28(33-24-9-13-39-14-10-24)35-29(37)31-17-22-6-3-5-21(15-22)16-25(38)7-4-11-36-12-8-23(30)19-36/h3-7,15,18,20,23-24H,8-14,16-17,19H2,1-2H3,(H2,31,33,34,35)/b7-4+. The van der Waals surface area contributed by atoms with Crippen LogP contribution >= 0.6 is 0 Å². The van der Waals surface area contributed by atoms with Crippen molar-refractivity contribution in [3.63, 3.8) is 0 Å². The number of halogens is 1. The first kappa shape index (κ1) is 27.2. The zero-order valence-corrected chi connectivity index (χ0v) is 22.8. The molecule has 1 unspecified atom stereocenters. The lowest BCUT2D eigenvalue weighted by Crippen LogP contribution is -2.29. The number of likely N-dealkylation sites (tertiary alicyclic amines) is 1. The molecule has 2 fully saturated rings. The van der Waals surface area contributed by atoms with E-state index in [-0.39, 0.29) is 17.7 Å². The lowest BCUT2D eigenvalue weighted by atomic mass is 10.1. The number of alkyl halides is 1. The largest absolute Gasteiger partial charge is 0.381 e. The van der Waals surface area contributed by atoms with Gasteiger partial charge >= 0.3 is 0 Å². The molecule has 0 radical (unpaired) electrons. The van der Waals surface area contributed by atoms with E-state index in [1.165, 1.54) is 0 Å². The van der Waals surface area contributed by atoms with E-state index in [4.69, 9.17) is 14.7 Å². The van der Waals surface area contributed by atoms with Gasteiger partial charge in [-0.25, -0.2) is 4.39 Å². The average Bonchev–Trinajstić information content (AvgIpc) is 3.54. The molecule has 0 aliphatic carbocycles. The molecule has 0 amide bonds. The number of hydrogen-bond acceptors (Lipinski definition) is 8. The number of ketones is 1. The average molecular weight is 536 g/mol. The van der Waals surface area contributed by atoms with Crippen LogP contribution in [0.15, 0.2) is 42.6 Å². The molecule has 2 aromatic heterocycles. The molecule has 5 rings (SSSR count). The number of anilines is 2. The van der Waals surface area contributed by atoms with Crippen molar-refractivity contribution in [3.05, 3.63) is 59.3 Å². The van der Waals surface area contributed by atoms with E-state index in [0.29, 0.717) is 44.4 Å². The van der Waals surface area contributed by atoms with Crippen molar-refractivity contribution in [2.75, 3.05) is 43.5 Å². The number of allylic oxidation sites excluding steroid dienone is 1. The molecule has 10 heteroatoms. The maximum atomic E-state index is 13.3. The van der Waals surface area contributed by atoms with E-state index in [1.54, 1.807) is 10.6 Å².